The van der Waals surface area contributed by atoms with Gasteiger partial charge in [-0.05, 0) is 30.9 Å². The fraction of sp³-hybridized carbons (Fsp3) is 0.500. The summed E-state index contributed by atoms with van der Waals surface area (Å²) in [4.78, 5) is 0. The SMILES string of the molecule is FC(F)(F)COc1cccc(OCC2CC2)c1. The van der Waals surface area contributed by atoms with Crippen molar-refractivity contribution in [1.82, 2.24) is 0 Å². The summed E-state index contributed by atoms with van der Waals surface area (Å²) in [5, 5.41) is 0. The summed E-state index contributed by atoms with van der Waals surface area (Å²) in [6.07, 6.45) is -1.97. The number of rotatable bonds is 5. The molecule has 1 saturated carbocycles. The Kier molecular flexibility index (Phi) is 3.45. The predicted molar refractivity (Wildman–Crippen MR) is 56.2 cm³/mol. The molecule has 94 valence electrons. The van der Waals surface area contributed by atoms with Crippen LogP contribution in [0.4, 0.5) is 13.2 Å². The minimum atomic E-state index is -4.31. The van der Waals surface area contributed by atoms with Gasteiger partial charge in [-0.25, -0.2) is 0 Å². The predicted octanol–water partition coefficient (Wildman–Crippen LogP) is 3.42. The van der Waals surface area contributed by atoms with E-state index in [0.717, 1.165) is 0 Å². The van der Waals surface area contributed by atoms with Crippen LogP contribution in [-0.2, 0) is 0 Å². The second-order valence-corrected chi connectivity index (χ2v) is 4.13. The molecule has 0 radical (unpaired) electrons. The fourth-order valence-electron chi connectivity index (χ4n) is 1.32. The molecule has 2 rings (SSSR count). The molecule has 5 heteroatoms. The van der Waals surface area contributed by atoms with Gasteiger partial charge in [-0.3, -0.25) is 0 Å². The largest absolute Gasteiger partial charge is 0.493 e. The van der Waals surface area contributed by atoms with Gasteiger partial charge in [-0.1, -0.05) is 6.07 Å². The van der Waals surface area contributed by atoms with E-state index in [9.17, 15) is 13.2 Å². The van der Waals surface area contributed by atoms with E-state index < -0.39 is 12.8 Å². The summed E-state index contributed by atoms with van der Waals surface area (Å²) in [5.41, 5.74) is 0. The first-order chi connectivity index (χ1) is 8.03. The smallest absolute Gasteiger partial charge is 0.422 e. The van der Waals surface area contributed by atoms with Gasteiger partial charge in [0.2, 0.25) is 0 Å². The van der Waals surface area contributed by atoms with Crippen molar-refractivity contribution in [2.24, 2.45) is 5.92 Å². The van der Waals surface area contributed by atoms with E-state index >= 15 is 0 Å². The lowest BCUT2D eigenvalue weighted by molar-refractivity contribution is -0.153. The number of ether oxygens (including phenoxy) is 2. The van der Waals surface area contributed by atoms with E-state index in [2.05, 4.69) is 4.74 Å². The molecule has 0 aromatic heterocycles. The van der Waals surface area contributed by atoms with Crippen molar-refractivity contribution < 1.29 is 22.6 Å². The van der Waals surface area contributed by atoms with Crippen molar-refractivity contribution in [3.05, 3.63) is 24.3 Å². The first kappa shape index (κ1) is 12.1. The van der Waals surface area contributed by atoms with Crippen LogP contribution in [0.15, 0.2) is 24.3 Å². The molecule has 0 atom stereocenters. The lowest BCUT2D eigenvalue weighted by Crippen LogP contribution is -2.19. The van der Waals surface area contributed by atoms with Gasteiger partial charge >= 0.3 is 6.18 Å². The van der Waals surface area contributed by atoms with Crippen LogP contribution in [-0.4, -0.2) is 19.4 Å². The molecule has 17 heavy (non-hydrogen) atoms. The molecule has 0 N–H and O–H groups in total. The van der Waals surface area contributed by atoms with E-state index in [4.69, 9.17) is 4.74 Å². The zero-order valence-corrected chi connectivity index (χ0v) is 9.17. The number of halogens is 3. The van der Waals surface area contributed by atoms with Crippen LogP contribution < -0.4 is 9.47 Å². The van der Waals surface area contributed by atoms with Crippen LogP contribution in [0.1, 0.15) is 12.8 Å². The summed E-state index contributed by atoms with van der Waals surface area (Å²) in [6, 6.07) is 6.29. The maximum Gasteiger partial charge on any atom is 0.422 e. The molecule has 2 nitrogen and oxygen atoms in total. The van der Waals surface area contributed by atoms with Crippen LogP contribution in [0, 0.1) is 5.92 Å². The second-order valence-electron chi connectivity index (χ2n) is 4.13. The molecule has 1 aromatic carbocycles. The monoisotopic (exact) mass is 246 g/mol. The van der Waals surface area contributed by atoms with Crippen LogP contribution in [0.5, 0.6) is 11.5 Å². The highest BCUT2D eigenvalue weighted by Crippen LogP contribution is 2.30. The maximum absolute atomic E-state index is 11.9. The molecular formula is C12H13F3O2. The number of hydrogen-bond donors (Lipinski definition) is 0. The third kappa shape index (κ3) is 4.54. The van der Waals surface area contributed by atoms with Crippen LogP contribution in [0.25, 0.3) is 0 Å². The van der Waals surface area contributed by atoms with E-state index in [1.165, 1.54) is 25.0 Å². The number of alkyl halides is 3. The first-order valence-corrected chi connectivity index (χ1v) is 5.45. The van der Waals surface area contributed by atoms with Crippen molar-refractivity contribution in [2.45, 2.75) is 19.0 Å². The average Bonchev–Trinajstić information content (AvgIpc) is 3.07. The van der Waals surface area contributed by atoms with E-state index in [0.29, 0.717) is 18.3 Å². The van der Waals surface area contributed by atoms with Crippen LogP contribution in [0.2, 0.25) is 0 Å². The highest BCUT2D eigenvalue weighted by molar-refractivity contribution is 5.33. The second kappa shape index (κ2) is 4.85. The minimum Gasteiger partial charge on any atom is -0.493 e. The van der Waals surface area contributed by atoms with Crippen molar-refractivity contribution >= 4 is 0 Å². The lowest BCUT2D eigenvalue weighted by atomic mass is 10.3. The van der Waals surface area contributed by atoms with Crippen LogP contribution in [0.3, 0.4) is 0 Å². The Bertz CT molecular complexity index is 372. The van der Waals surface area contributed by atoms with Crippen molar-refractivity contribution in [3.63, 3.8) is 0 Å². The average molecular weight is 246 g/mol. The first-order valence-electron chi connectivity index (χ1n) is 5.45. The standard InChI is InChI=1S/C12H13F3O2/c13-12(14,15)8-17-11-3-1-2-10(6-11)16-7-9-4-5-9/h1-3,6,9H,4-5,7-8H2. The third-order valence-corrected chi connectivity index (χ3v) is 2.39. The Morgan fingerprint density at radius 3 is 2.35 bits per heavy atom. The molecule has 1 aliphatic rings. The lowest BCUT2D eigenvalue weighted by Gasteiger charge is -2.10. The third-order valence-electron chi connectivity index (χ3n) is 2.39. The van der Waals surface area contributed by atoms with Gasteiger partial charge < -0.3 is 9.47 Å². The molecule has 1 fully saturated rings. The van der Waals surface area contributed by atoms with Crippen molar-refractivity contribution in [1.29, 1.82) is 0 Å². The van der Waals surface area contributed by atoms with Gasteiger partial charge in [0.1, 0.15) is 11.5 Å². The molecule has 0 aliphatic heterocycles. The van der Waals surface area contributed by atoms with Gasteiger partial charge in [0, 0.05) is 6.07 Å². The Hall–Kier alpha value is -1.39. The topological polar surface area (TPSA) is 18.5 Å². The molecule has 0 spiro atoms. The fourth-order valence-corrected chi connectivity index (χ4v) is 1.32. The van der Waals surface area contributed by atoms with Crippen LogP contribution >= 0.6 is 0 Å². The zero-order chi connectivity index (χ0) is 12.3. The zero-order valence-electron chi connectivity index (χ0n) is 9.17. The van der Waals surface area contributed by atoms with E-state index in [1.54, 1.807) is 12.1 Å². The molecule has 0 bridgehead atoms. The summed E-state index contributed by atoms with van der Waals surface area (Å²) in [6.45, 7) is -0.651. The van der Waals surface area contributed by atoms with E-state index in [-0.39, 0.29) is 5.75 Å². The van der Waals surface area contributed by atoms with Gasteiger partial charge in [-0.15, -0.1) is 0 Å². The molecule has 0 heterocycles. The Morgan fingerprint density at radius 1 is 1.12 bits per heavy atom. The molecule has 1 aliphatic carbocycles. The molecule has 1 aromatic rings. The summed E-state index contributed by atoms with van der Waals surface area (Å²) in [7, 11) is 0. The normalized spacial score (nSPS) is 15.7. The molecule has 0 amide bonds. The van der Waals surface area contributed by atoms with Gasteiger partial charge in [0.05, 0.1) is 6.61 Å². The van der Waals surface area contributed by atoms with Gasteiger partial charge in [0.25, 0.3) is 0 Å². The maximum atomic E-state index is 11.9. The van der Waals surface area contributed by atoms with E-state index in [1.807, 2.05) is 0 Å². The summed E-state index contributed by atoms with van der Waals surface area (Å²) < 4.78 is 45.9. The quantitative estimate of drug-likeness (QED) is 0.792. The minimum absolute atomic E-state index is 0.177. The highest BCUT2D eigenvalue weighted by Gasteiger charge is 2.28. The van der Waals surface area contributed by atoms with Gasteiger partial charge in [-0.2, -0.15) is 13.2 Å². The number of hydrogen-bond acceptors (Lipinski definition) is 2. The Labute approximate surface area is 97.3 Å². The van der Waals surface area contributed by atoms with Crippen molar-refractivity contribution in [3.8, 4) is 11.5 Å². The molecular weight excluding hydrogens is 233 g/mol. The Balaban J connectivity index is 1.86. The van der Waals surface area contributed by atoms with Crippen molar-refractivity contribution in [2.75, 3.05) is 13.2 Å². The summed E-state index contributed by atoms with van der Waals surface area (Å²) in [5.74, 6) is 1.34. The number of benzene rings is 1. The summed E-state index contributed by atoms with van der Waals surface area (Å²) >= 11 is 0. The van der Waals surface area contributed by atoms with Gasteiger partial charge in [0.15, 0.2) is 6.61 Å². The molecule has 0 saturated heterocycles. The highest BCUT2D eigenvalue weighted by atomic mass is 19.4. The Morgan fingerprint density at radius 2 is 1.76 bits per heavy atom. The molecule has 0 unspecified atom stereocenters.